The number of hydrogen-bond donors (Lipinski definition) is 0. The van der Waals surface area contributed by atoms with E-state index >= 15 is 0 Å². The van der Waals surface area contributed by atoms with Crippen molar-refractivity contribution in [2.24, 2.45) is 5.92 Å². The Morgan fingerprint density at radius 1 is 1.31 bits per heavy atom. The molecule has 0 aliphatic carbocycles. The number of carbonyl (C=O) groups excluding carboxylic acids is 1. The van der Waals surface area contributed by atoms with Gasteiger partial charge in [-0.05, 0) is 17.1 Å². The summed E-state index contributed by atoms with van der Waals surface area (Å²) < 4.78 is 5.03. The maximum Gasteiger partial charge on any atom is 0.302 e. The molecule has 1 rings (SSSR count). The van der Waals surface area contributed by atoms with Crippen LogP contribution in [0.3, 0.4) is 0 Å². The normalized spacial score (nSPS) is 11.6. The van der Waals surface area contributed by atoms with Crippen molar-refractivity contribution in [1.82, 2.24) is 0 Å². The van der Waals surface area contributed by atoms with Crippen LogP contribution in [0.5, 0.6) is 0 Å². The first-order chi connectivity index (χ1) is 7.59. The third-order valence-corrected chi connectivity index (χ3v) is 2.34. The molecule has 0 N–H and O–H groups in total. The van der Waals surface area contributed by atoms with Crippen molar-refractivity contribution in [2.75, 3.05) is 6.61 Å². The van der Waals surface area contributed by atoms with Crippen LogP contribution in [-0.2, 0) is 9.53 Å². The van der Waals surface area contributed by atoms with Crippen LogP contribution in [0.1, 0.15) is 26.3 Å². The Hall–Kier alpha value is -1.57. The largest absolute Gasteiger partial charge is 0.461 e. The van der Waals surface area contributed by atoms with Gasteiger partial charge in [-0.3, -0.25) is 4.79 Å². The summed E-state index contributed by atoms with van der Waals surface area (Å²) in [7, 11) is 0. The van der Waals surface area contributed by atoms with Crippen LogP contribution in [-0.4, -0.2) is 12.6 Å². The second kappa shape index (κ2) is 6.11. The van der Waals surface area contributed by atoms with Crippen molar-refractivity contribution >= 4 is 12.0 Å². The van der Waals surface area contributed by atoms with E-state index in [0.717, 1.165) is 11.1 Å². The number of hydrogen-bond acceptors (Lipinski definition) is 2. The topological polar surface area (TPSA) is 26.3 Å². The number of rotatable bonds is 4. The van der Waals surface area contributed by atoms with Crippen LogP contribution >= 0.6 is 0 Å². The molecule has 0 aliphatic rings. The van der Waals surface area contributed by atoms with Crippen LogP contribution in [0, 0.1) is 5.92 Å². The monoisotopic (exact) mass is 218 g/mol. The molecular weight excluding hydrogens is 200 g/mol. The molecule has 0 amide bonds. The highest BCUT2D eigenvalue weighted by Gasteiger charge is 2.05. The minimum Gasteiger partial charge on any atom is -0.461 e. The third kappa shape index (κ3) is 4.30. The predicted molar refractivity (Wildman–Crippen MR) is 65.9 cm³/mol. The van der Waals surface area contributed by atoms with Crippen molar-refractivity contribution in [3.8, 4) is 0 Å². The fourth-order valence-corrected chi connectivity index (χ4v) is 1.32. The number of benzene rings is 1. The fourth-order valence-electron chi connectivity index (χ4n) is 1.32. The lowest BCUT2D eigenvalue weighted by Gasteiger charge is -2.11. The zero-order valence-electron chi connectivity index (χ0n) is 10.1. The van der Waals surface area contributed by atoms with Gasteiger partial charge in [0.15, 0.2) is 0 Å². The molecule has 16 heavy (non-hydrogen) atoms. The summed E-state index contributed by atoms with van der Waals surface area (Å²) in [4.78, 5) is 10.8. The molecule has 2 heteroatoms. The minimum absolute atomic E-state index is 0.236. The van der Waals surface area contributed by atoms with E-state index in [2.05, 4.69) is 19.9 Å². The highest BCUT2D eigenvalue weighted by Crippen LogP contribution is 2.15. The molecule has 0 aromatic heterocycles. The van der Waals surface area contributed by atoms with Crippen molar-refractivity contribution in [3.63, 3.8) is 0 Å². The second-order valence-electron chi connectivity index (χ2n) is 4.06. The fraction of sp³-hybridized carbons (Fsp3) is 0.357. The number of carbonyl (C=O) groups is 1. The summed E-state index contributed by atoms with van der Waals surface area (Å²) in [5, 5.41) is 0. The van der Waals surface area contributed by atoms with Crippen molar-refractivity contribution in [2.45, 2.75) is 20.8 Å². The summed E-state index contributed by atoms with van der Waals surface area (Å²) >= 11 is 0. The molecular formula is C14H18O2. The smallest absolute Gasteiger partial charge is 0.302 e. The Balaban J connectivity index is 2.77. The summed E-state index contributed by atoms with van der Waals surface area (Å²) in [6, 6.07) is 10.1. The van der Waals surface area contributed by atoms with Crippen molar-refractivity contribution < 1.29 is 9.53 Å². The maximum atomic E-state index is 10.8. The Bertz CT molecular complexity index is 364. The molecule has 0 aliphatic heterocycles. The lowest BCUT2D eigenvalue weighted by Crippen LogP contribution is -2.07. The zero-order valence-corrected chi connectivity index (χ0v) is 10.1. The summed E-state index contributed by atoms with van der Waals surface area (Å²) in [5.74, 6) is 0.138. The molecule has 0 bridgehead atoms. The van der Waals surface area contributed by atoms with Gasteiger partial charge in [0.1, 0.15) is 6.61 Å². The van der Waals surface area contributed by atoms with Gasteiger partial charge >= 0.3 is 5.97 Å². The molecule has 0 radical (unpaired) electrons. The van der Waals surface area contributed by atoms with E-state index in [-0.39, 0.29) is 5.97 Å². The van der Waals surface area contributed by atoms with E-state index in [9.17, 15) is 4.79 Å². The molecule has 0 fully saturated rings. The third-order valence-electron chi connectivity index (χ3n) is 2.34. The zero-order chi connectivity index (χ0) is 12.0. The average Bonchev–Trinajstić information content (AvgIpc) is 2.25. The Kier molecular flexibility index (Phi) is 4.77. The molecule has 2 nitrogen and oxygen atoms in total. The maximum absolute atomic E-state index is 10.8. The van der Waals surface area contributed by atoms with Crippen LogP contribution in [0.15, 0.2) is 35.9 Å². The van der Waals surface area contributed by atoms with E-state index in [1.54, 1.807) is 0 Å². The van der Waals surface area contributed by atoms with Crippen LogP contribution in [0.2, 0.25) is 0 Å². The van der Waals surface area contributed by atoms with Crippen LogP contribution in [0.25, 0.3) is 6.08 Å². The molecule has 0 spiro atoms. The van der Waals surface area contributed by atoms with Crippen molar-refractivity contribution in [3.05, 3.63) is 41.5 Å². The first-order valence-electron chi connectivity index (χ1n) is 5.48. The molecule has 0 atom stereocenters. The second-order valence-corrected chi connectivity index (χ2v) is 4.06. The van der Waals surface area contributed by atoms with Crippen LogP contribution in [0.4, 0.5) is 0 Å². The standard InChI is InChI=1S/C14H18O2/c1-11(2)14(10-16-12(3)15)9-13-7-5-4-6-8-13/h4-9,11H,10H2,1-3H3. The first-order valence-corrected chi connectivity index (χ1v) is 5.48. The van der Waals surface area contributed by atoms with E-state index in [4.69, 9.17) is 4.74 Å². The lowest BCUT2D eigenvalue weighted by molar-refractivity contribution is -0.140. The predicted octanol–water partition coefficient (Wildman–Crippen LogP) is 3.29. The number of esters is 1. The Labute approximate surface area is 96.9 Å². The van der Waals surface area contributed by atoms with Gasteiger partial charge in [-0.2, -0.15) is 0 Å². The summed E-state index contributed by atoms with van der Waals surface area (Å²) in [5.41, 5.74) is 2.26. The Morgan fingerprint density at radius 2 is 1.94 bits per heavy atom. The van der Waals surface area contributed by atoms with Gasteiger partial charge in [0.25, 0.3) is 0 Å². The molecule has 0 heterocycles. The molecule has 1 aromatic rings. The highest BCUT2D eigenvalue weighted by atomic mass is 16.5. The van der Waals surface area contributed by atoms with E-state index < -0.39 is 0 Å². The first kappa shape index (κ1) is 12.5. The van der Waals surface area contributed by atoms with Crippen molar-refractivity contribution in [1.29, 1.82) is 0 Å². The average molecular weight is 218 g/mol. The quantitative estimate of drug-likeness (QED) is 0.725. The van der Waals surface area contributed by atoms with E-state index in [1.165, 1.54) is 6.92 Å². The van der Waals surface area contributed by atoms with Crippen LogP contribution < -0.4 is 0 Å². The molecule has 1 aromatic carbocycles. The summed E-state index contributed by atoms with van der Waals surface area (Å²) in [6.45, 7) is 6.00. The van der Waals surface area contributed by atoms with Gasteiger partial charge in [-0.15, -0.1) is 0 Å². The van der Waals surface area contributed by atoms with Gasteiger partial charge in [0, 0.05) is 6.92 Å². The highest BCUT2D eigenvalue weighted by molar-refractivity contribution is 5.66. The number of ether oxygens (including phenoxy) is 1. The van der Waals surface area contributed by atoms with Gasteiger partial charge < -0.3 is 4.74 Å². The van der Waals surface area contributed by atoms with E-state index in [0.29, 0.717) is 12.5 Å². The SMILES string of the molecule is CC(=O)OCC(=Cc1ccccc1)C(C)C. The van der Waals surface area contributed by atoms with Gasteiger partial charge in [0.2, 0.25) is 0 Å². The molecule has 86 valence electrons. The molecule has 0 saturated carbocycles. The molecule has 0 unspecified atom stereocenters. The lowest BCUT2D eigenvalue weighted by atomic mass is 10.0. The van der Waals surface area contributed by atoms with E-state index in [1.807, 2.05) is 30.3 Å². The van der Waals surface area contributed by atoms with Gasteiger partial charge in [0.05, 0.1) is 0 Å². The summed E-state index contributed by atoms with van der Waals surface area (Å²) in [6.07, 6.45) is 2.08. The minimum atomic E-state index is -0.236. The van der Waals surface area contributed by atoms with Gasteiger partial charge in [-0.1, -0.05) is 50.3 Å². The van der Waals surface area contributed by atoms with Gasteiger partial charge in [-0.25, -0.2) is 0 Å². The Morgan fingerprint density at radius 3 is 2.44 bits per heavy atom. The molecule has 0 saturated heterocycles.